The predicted molar refractivity (Wildman–Crippen MR) is 102 cm³/mol. The lowest BCUT2D eigenvalue weighted by Crippen LogP contribution is -2.44. The molecular weight excluding hydrogens is 415 g/mol. The normalized spacial score (nSPS) is 12.3. The number of guanidine groups is 1. The van der Waals surface area contributed by atoms with Gasteiger partial charge in [0.25, 0.3) is 0 Å². The first-order valence-electron chi connectivity index (χ1n) is 6.79. The van der Waals surface area contributed by atoms with Crippen LogP contribution in [-0.4, -0.2) is 57.2 Å². The van der Waals surface area contributed by atoms with Gasteiger partial charge in [0.2, 0.25) is 5.91 Å². The van der Waals surface area contributed by atoms with E-state index in [1.54, 1.807) is 32.5 Å². The molecule has 1 heterocycles. The highest BCUT2D eigenvalue weighted by atomic mass is 127. The number of nitrogens with one attached hydrogen (secondary N) is 2. The Bertz CT molecular complexity index is 452. The SMILES string of the molecule is COCC(C)NC(=NCC(=O)N(C)C)NCc1cccs1.I. The fourth-order valence-electron chi connectivity index (χ4n) is 1.55. The number of hydrogen-bond acceptors (Lipinski definition) is 4. The number of likely N-dealkylation sites (N-methyl/N-ethyl adjacent to an activating group) is 1. The van der Waals surface area contributed by atoms with Gasteiger partial charge in [0, 0.05) is 32.1 Å². The van der Waals surface area contributed by atoms with Gasteiger partial charge >= 0.3 is 0 Å². The van der Waals surface area contributed by atoms with Crippen LogP contribution in [0, 0.1) is 0 Å². The summed E-state index contributed by atoms with van der Waals surface area (Å²) in [5, 5.41) is 8.48. The first kappa shape index (κ1) is 21.1. The second-order valence-electron chi connectivity index (χ2n) is 4.89. The zero-order chi connectivity index (χ0) is 15.7. The minimum atomic E-state index is -0.0355. The van der Waals surface area contributed by atoms with Gasteiger partial charge in [-0.2, -0.15) is 0 Å². The molecule has 6 nitrogen and oxygen atoms in total. The van der Waals surface area contributed by atoms with Crippen LogP contribution >= 0.6 is 35.3 Å². The number of rotatable bonds is 7. The summed E-state index contributed by atoms with van der Waals surface area (Å²) in [6.07, 6.45) is 0. The van der Waals surface area contributed by atoms with Crippen molar-refractivity contribution in [2.45, 2.75) is 19.5 Å². The van der Waals surface area contributed by atoms with Crippen molar-refractivity contribution in [3.05, 3.63) is 22.4 Å². The second-order valence-corrected chi connectivity index (χ2v) is 5.92. The quantitative estimate of drug-likeness (QED) is 0.384. The topological polar surface area (TPSA) is 66.0 Å². The van der Waals surface area contributed by atoms with Crippen LogP contribution in [0.2, 0.25) is 0 Å². The van der Waals surface area contributed by atoms with Crippen LogP contribution in [0.4, 0.5) is 0 Å². The molecule has 1 atom stereocenters. The molecular formula is C14H25IN4O2S. The number of nitrogens with zero attached hydrogens (tertiary/aromatic N) is 2. The molecule has 0 aromatic carbocycles. The smallest absolute Gasteiger partial charge is 0.243 e. The van der Waals surface area contributed by atoms with E-state index in [1.165, 1.54) is 9.78 Å². The summed E-state index contributed by atoms with van der Waals surface area (Å²) < 4.78 is 5.10. The minimum Gasteiger partial charge on any atom is -0.383 e. The van der Waals surface area contributed by atoms with Gasteiger partial charge in [-0.05, 0) is 18.4 Å². The Hall–Kier alpha value is -0.870. The Labute approximate surface area is 153 Å². The van der Waals surface area contributed by atoms with Crippen LogP contribution < -0.4 is 10.6 Å². The molecule has 0 aliphatic rings. The summed E-state index contributed by atoms with van der Waals surface area (Å²) in [4.78, 5) is 18.7. The number of hydrogen-bond donors (Lipinski definition) is 2. The van der Waals surface area contributed by atoms with Crippen molar-refractivity contribution in [1.29, 1.82) is 0 Å². The molecule has 0 aliphatic heterocycles. The molecule has 0 spiro atoms. The summed E-state index contributed by atoms with van der Waals surface area (Å²) in [6.45, 7) is 3.37. The van der Waals surface area contributed by atoms with E-state index >= 15 is 0 Å². The average molecular weight is 440 g/mol. The van der Waals surface area contributed by atoms with Crippen LogP contribution in [0.1, 0.15) is 11.8 Å². The van der Waals surface area contributed by atoms with E-state index in [1.807, 2.05) is 18.4 Å². The van der Waals surface area contributed by atoms with Gasteiger partial charge in [0.15, 0.2) is 5.96 Å². The maximum atomic E-state index is 11.6. The maximum absolute atomic E-state index is 11.6. The molecule has 0 bridgehead atoms. The fourth-order valence-corrected chi connectivity index (χ4v) is 2.19. The summed E-state index contributed by atoms with van der Waals surface area (Å²) in [5.41, 5.74) is 0. The monoisotopic (exact) mass is 440 g/mol. The molecule has 2 N–H and O–H groups in total. The standard InChI is InChI=1S/C14H24N4O2S.HI/c1-11(10-20-4)17-14(16-9-13(19)18(2)3)15-8-12-6-5-7-21-12;/h5-7,11H,8-10H2,1-4H3,(H2,15,16,17);1H. The summed E-state index contributed by atoms with van der Waals surface area (Å²) >= 11 is 1.68. The van der Waals surface area contributed by atoms with E-state index < -0.39 is 0 Å². The van der Waals surface area contributed by atoms with Crippen molar-refractivity contribution < 1.29 is 9.53 Å². The number of carbonyl (C=O) groups excluding carboxylic acids is 1. The van der Waals surface area contributed by atoms with Crippen LogP contribution in [0.15, 0.2) is 22.5 Å². The zero-order valence-corrected chi connectivity index (χ0v) is 16.6. The molecule has 1 aromatic rings. The molecule has 0 saturated carbocycles. The van der Waals surface area contributed by atoms with Gasteiger partial charge in [0.05, 0.1) is 13.2 Å². The highest BCUT2D eigenvalue weighted by Gasteiger charge is 2.08. The number of thiophene rings is 1. The summed E-state index contributed by atoms with van der Waals surface area (Å²) in [7, 11) is 5.10. The predicted octanol–water partition coefficient (Wildman–Crippen LogP) is 1.52. The molecule has 1 amide bonds. The van der Waals surface area contributed by atoms with E-state index in [0.29, 0.717) is 19.1 Å². The Balaban J connectivity index is 0.00000441. The first-order valence-corrected chi connectivity index (χ1v) is 7.67. The Morgan fingerprint density at radius 3 is 2.77 bits per heavy atom. The van der Waals surface area contributed by atoms with E-state index in [4.69, 9.17) is 4.74 Å². The lowest BCUT2D eigenvalue weighted by atomic mass is 10.4. The molecule has 8 heteroatoms. The largest absolute Gasteiger partial charge is 0.383 e. The van der Waals surface area contributed by atoms with E-state index in [9.17, 15) is 4.79 Å². The molecule has 126 valence electrons. The minimum absolute atomic E-state index is 0. The highest BCUT2D eigenvalue weighted by molar-refractivity contribution is 14.0. The van der Waals surface area contributed by atoms with Gasteiger partial charge in [-0.25, -0.2) is 4.99 Å². The molecule has 0 aliphatic carbocycles. The number of methoxy groups -OCH3 is 1. The number of halogens is 1. The second kappa shape index (κ2) is 11.7. The van der Waals surface area contributed by atoms with E-state index in [-0.39, 0.29) is 42.5 Å². The van der Waals surface area contributed by atoms with Gasteiger partial charge in [0.1, 0.15) is 6.54 Å². The van der Waals surface area contributed by atoms with Gasteiger partial charge in [-0.1, -0.05) is 6.07 Å². The van der Waals surface area contributed by atoms with E-state index in [2.05, 4.69) is 21.7 Å². The van der Waals surface area contributed by atoms with Crippen molar-refractivity contribution in [1.82, 2.24) is 15.5 Å². The third-order valence-electron chi connectivity index (χ3n) is 2.68. The Morgan fingerprint density at radius 1 is 1.50 bits per heavy atom. The molecule has 0 saturated heterocycles. The average Bonchev–Trinajstić information content (AvgIpc) is 2.94. The number of aliphatic imine (C=N–C) groups is 1. The zero-order valence-electron chi connectivity index (χ0n) is 13.5. The van der Waals surface area contributed by atoms with Crippen LogP contribution in [0.25, 0.3) is 0 Å². The molecule has 1 aromatic heterocycles. The first-order chi connectivity index (χ1) is 10.0. The van der Waals surface area contributed by atoms with Gasteiger partial charge in [-0.3, -0.25) is 4.79 Å². The van der Waals surface area contributed by atoms with Crippen LogP contribution in [0.5, 0.6) is 0 Å². The summed E-state index contributed by atoms with van der Waals surface area (Å²) in [5.74, 6) is 0.578. The third-order valence-corrected chi connectivity index (χ3v) is 3.56. The van der Waals surface area contributed by atoms with Crippen molar-refractivity contribution in [2.24, 2.45) is 4.99 Å². The fraction of sp³-hybridized carbons (Fsp3) is 0.571. The van der Waals surface area contributed by atoms with Crippen molar-refractivity contribution >= 4 is 47.2 Å². The van der Waals surface area contributed by atoms with Crippen molar-refractivity contribution in [2.75, 3.05) is 34.4 Å². The molecule has 1 unspecified atom stereocenters. The van der Waals surface area contributed by atoms with Crippen LogP contribution in [-0.2, 0) is 16.1 Å². The number of carbonyl (C=O) groups is 1. The highest BCUT2D eigenvalue weighted by Crippen LogP contribution is 2.07. The van der Waals surface area contributed by atoms with Gasteiger partial charge < -0.3 is 20.3 Å². The summed E-state index contributed by atoms with van der Waals surface area (Å²) in [6, 6.07) is 4.17. The molecule has 22 heavy (non-hydrogen) atoms. The van der Waals surface area contributed by atoms with Crippen molar-refractivity contribution in [3.63, 3.8) is 0 Å². The lowest BCUT2D eigenvalue weighted by molar-refractivity contribution is -0.127. The molecule has 0 radical (unpaired) electrons. The van der Waals surface area contributed by atoms with Gasteiger partial charge in [-0.15, -0.1) is 35.3 Å². The third kappa shape index (κ3) is 8.54. The lowest BCUT2D eigenvalue weighted by Gasteiger charge is -2.18. The number of amides is 1. The van der Waals surface area contributed by atoms with E-state index in [0.717, 1.165) is 0 Å². The molecule has 1 rings (SSSR count). The number of ether oxygens (including phenoxy) is 1. The molecule has 0 fully saturated rings. The van der Waals surface area contributed by atoms with Crippen molar-refractivity contribution in [3.8, 4) is 0 Å². The Morgan fingerprint density at radius 2 is 2.23 bits per heavy atom. The maximum Gasteiger partial charge on any atom is 0.243 e. The Kier molecular flexibility index (Phi) is 11.2. The van der Waals surface area contributed by atoms with Crippen LogP contribution in [0.3, 0.4) is 0 Å².